The summed E-state index contributed by atoms with van der Waals surface area (Å²) in [6.45, 7) is 1.92. The number of benzene rings is 1. The smallest absolute Gasteiger partial charge is 0.283 e. The second-order valence-corrected chi connectivity index (χ2v) is 8.59. The molecule has 1 saturated heterocycles. The fourth-order valence-electron chi connectivity index (χ4n) is 4.69. The van der Waals surface area contributed by atoms with Crippen molar-refractivity contribution in [3.05, 3.63) is 65.4 Å². The number of β-amino-alcohol motifs (C(OH)–C–C–N with tert-alkyl or cyclic N) is 1. The predicted molar refractivity (Wildman–Crippen MR) is 123 cm³/mol. The summed E-state index contributed by atoms with van der Waals surface area (Å²) in [7, 11) is 0. The first-order chi connectivity index (χ1) is 17.8. The summed E-state index contributed by atoms with van der Waals surface area (Å²) in [4.78, 5) is 10.2. The number of nitrogens with zero attached hydrogens (tertiary/aromatic N) is 8. The number of pyridine rings is 1. The number of rotatable bonds is 4. The number of hydrogen-bond acceptors (Lipinski definition) is 7. The molecule has 0 amide bonds. The molecule has 186 valence electrons. The van der Waals surface area contributed by atoms with Gasteiger partial charge in [-0.25, -0.2) is 27.2 Å². The van der Waals surface area contributed by atoms with Gasteiger partial charge in [-0.15, -0.1) is 0 Å². The summed E-state index contributed by atoms with van der Waals surface area (Å²) >= 11 is 0. The third-order valence-corrected chi connectivity index (χ3v) is 6.33. The Hall–Kier alpha value is -4.57. The van der Waals surface area contributed by atoms with Crippen molar-refractivity contribution in [1.82, 2.24) is 29.4 Å². The number of aliphatic hydroxyl groups is 1. The van der Waals surface area contributed by atoms with Crippen molar-refractivity contribution in [2.24, 2.45) is 0 Å². The minimum absolute atomic E-state index is 0.0767. The number of anilines is 1. The van der Waals surface area contributed by atoms with Crippen molar-refractivity contribution in [3.63, 3.8) is 0 Å². The molecule has 0 bridgehead atoms. The summed E-state index contributed by atoms with van der Waals surface area (Å²) in [6, 6.07) is 5.94. The first-order valence-electron chi connectivity index (χ1n) is 11.1. The second kappa shape index (κ2) is 8.24. The largest absolute Gasteiger partial charge is 0.389 e. The third-order valence-electron chi connectivity index (χ3n) is 6.33. The molecule has 0 aliphatic carbocycles. The van der Waals surface area contributed by atoms with E-state index in [0.717, 1.165) is 15.3 Å². The van der Waals surface area contributed by atoms with Crippen LogP contribution in [0.2, 0.25) is 0 Å². The molecule has 9 nitrogen and oxygen atoms in total. The molecule has 0 unspecified atom stereocenters. The molecule has 5 heterocycles. The van der Waals surface area contributed by atoms with Crippen LogP contribution >= 0.6 is 0 Å². The zero-order valence-corrected chi connectivity index (χ0v) is 19.1. The van der Waals surface area contributed by atoms with Gasteiger partial charge in [0.25, 0.3) is 6.43 Å². The molecule has 0 spiro atoms. The average molecular weight is 508 g/mol. The molecular weight excluding hydrogens is 492 g/mol. The highest BCUT2D eigenvalue weighted by Crippen LogP contribution is 2.41. The van der Waals surface area contributed by atoms with Crippen LogP contribution in [0.5, 0.6) is 0 Å². The number of alkyl halides is 2. The van der Waals surface area contributed by atoms with Gasteiger partial charge in [0.2, 0.25) is 0 Å². The number of hydrogen-bond donors (Lipinski definition) is 1. The molecule has 4 aromatic heterocycles. The van der Waals surface area contributed by atoms with Gasteiger partial charge in [-0.1, -0.05) is 0 Å². The van der Waals surface area contributed by atoms with Gasteiger partial charge in [0.15, 0.2) is 17.3 Å². The summed E-state index contributed by atoms with van der Waals surface area (Å²) in [5, 5.41) is 27.5. The summed E-state index contributed by atoms with van der Waals surface area (Å²) < 4.78 is 60.4. The number of fused-ring (bicyclic) bond motifs is 2. The molecule has 1 fully saturated rings. The molecule has 1 aliphatic rings. The first-order valence-corrected chi connectivity index (χ1v) is 11.1. The monoisotopic (exact) mass is 508 g/mol. The van der Waals surface area contributed by atoms with Crippen LogP contribution in [0.1, 0.15) is 23.4 Å². The Labute approximate surface area is 205 Å². The Morgan fingerprint density at radius 2 is 2.00 bits per heavy atom. The van der Waals surface area contributed by atoms with Crippen LogP contribution in [-0.4, -0.2) is 53.7 Å². The molecule has 0 atom stereocenters. The van der Waals surface area contributed by atoms with Gasteiger partial charge >= 0.3 is 0 Å². The molecule has 1 aromatic carbocycles. The Bertz CT molecular complexity index is 1740. The standard InChI is InChI=1S/C24H16F4N8O/c1-11-17(13-3-5-30-19-14(13)7-16(25)21(18(19)26)35-6-2-4-31-35)24(34-9-12(37)10-34)36-23(32-11)15(8-29)20(33-36)22(27)28/h2-7,12,22,37H,9-10H2,1H3. The van der Waals surface area contributed by atoms with Crippen LogP contribution < -0.4 is 4.90 Å². The maximum Gasteiger partial charge on any atom is 0.283 e. The summed E-state index contributed by atoms with van der Waals surface area (Å²) in [5.74, 6) is -1.55. The molecule has 37 heavy (non-hydrogen) atoms. The van der Waals surface area contributed by atoms with Gasteiger partial charge in [-0.05, 0) is 30.7 Å². The lowest BCUT2D eigenvalue weighted by Gasteiger charge is -2.39. The van der Waals surface area contributed by atoms with Gasteiger partial charge in [-0.3, -0.25) is 4.98 Å². The molecule has 0 radical (unpaired) electrons. The maximum absolute atomic E-state index is 15.6. The van der Waals surface area contributed by atoms with E-state index < -0.39 is 35.5 Å². The van der Waals surface area contributed by atoms with Crippen molar-refractivity contribution < 1.29 is 22.7 Å². The zero-order chi connectivity index (χ0) is 26.0. The normalized spacial score (nSPS) is 14.1. The lowest BCUT2D eigenvalue weighted by atomic mass is 9.98. The van der Waals surface area contributed by atoms with Crippen LogP contribution in [0.4, 0.5) is 23.4 Å². The van der Waals surface area contributed by atoms with Crippen molar-refractivity contribution in [1.29, 1.82) is 5.26 Å². The first kappa shape index (κ1) is 22.9. The number of aliphatic hydroxyl groups excluding tert-OH is 1. The van der Waals surface area contributed by atoms with E-state index in [1.165, 1.54) is 30.7 Å². The van der Waals surface area contributed by atoms with Gasteiger partial charge < -0.3 is 10.0 Å². The van der Waals surface area contributed by atoms with E-state index in [-0.39, 0.29) is 41.0 Å². The number of aryl methyl sites for hydroxylation is 1. The van der Waals surface area contributed by atoms with Crippen molar-refractivity contribution in [3.8, 4) is 22.9 Å². The molecule has 5 aromatic rings. The van der Waals surface area contributed by atoms with Crippen molar-refractivity contribution in [2.45, 2.75) is 19.5 Å². The topological polar surface area (TPSA) is 108 Å². The van der Waals surface area contributed by atoms with Crippen LogP contribution in [0.15, 0.2) is 36.8 Å². The number of aromatic nitrogens is 6. The zero-order valence-electron chi connectivity index (χ0n) is 19.1. The molecule has 0 saturated carbocycles. The highest BCUT2D eigenvalue weighted by atomic mass is 19.3. The Morgan fingerprint density at radius 3 is 2.65 bits per heavy atom. The summed E-state index contributed by atoms with van der Waals surface area (Å²) in [5.41, 5.74) is -0.716. The van der Waals surface area contributed by atoms with Crippen LogP contribution in [0.3, 0.4) is 0 Å². The second-order valence-electron chi connectivity index (χ2n) is 8.59. The fraction of sp³-hybridized carbons (Fsp3) is 0.208. The van der Waals surface area contributed by atoms with E-state index in [2.05, 4.69) is 20.2 Å². The summed E-state index contributed by atoms with van der Waals surface area (Å²) in [6.07, 6.45) is 0.437. The lowest BCUT2D eigenvalue weighted by Crippen LogP contribution is -2.51. The van der Waals surface area contributed by atoms with E-state index in [1.54, 1.807) is 17.9 Å². The lowest BCUT2D eigenvalue weighted by molar-refractivity contribution is 0.140. The van der Waals surface area contributed by atoms with E-state index >= 15 is 8.78 Å². The Kier molecular flexibility index (Phi) is 5.09. The minimum atomic E-state index is -3.03. The quantitative estimate of drug-likeness (QED) is 0.369. The Morgan fingerprint density at radius 1 is 1.22 bits per heavy atom. The Balaban J connectivity index is 1.69. The van der Waals surface area contributed by atoms with Gasteiger partial charge in [0.05, 0.1) is 11.8 Å². The molecule has 1 aliphatic heterocycles. The highest BCUT2D eigenvalue weighted by Gasteiger charge is 2.34. The minimum Gasteiger partial charge on any atom is -0.389 e. The van der Waals surface area contributed by atoms with E-state index in [1.807, 2.05) is 0 Å². The number of nitriles is 1. The SMILES string of the molecule is Cc1nc2c(C#N)c(C(F)F)nn2c(N2CC(O)C2)c1-c1ccnc2c(F)c(-n3cccn3)c(F)cc12. The molecular formula is C24H16F4N8O. The van der Waals surface area contributed by atoms with Crippen molar-refractivity contribution in [2.75, 3.05) is 18.0 Å². The van der Waals surface area contributed by atoms with Crippen LogP contribution in [0, 0.1) is 29.9 Å². The van der Waals surface area contributed by atoms with Gasteiger partial charge in [0.1, 0.15) is 34.3 Å². The predicted octanol–water partition coefficient (Wildman–Crippen LogP) is 3.71. The maximum atomic E-state index is 15.6. The fourth-order valence-corrected chi connectivity index (χ4v) is 4.69. The molecule has 13 heteroatoms. The van der Waals surface area contributed by atoms with Gasteiger partial charge in [-0.2, -0.15) is 20.0 Å². The molecule has 1 N–H and O–H groups in total. The van der Waals surface area contributed by atoms with E-state index in [4.69, 9.17) is 0 Å². The number of halogens is 4. The van der Waals surface area contributed by atoms with Crippen LogP contribution in [-0.2, 0) is 0 Å². The highest BCUT2D eigenvalue weighted by molar-refractivity contribution is 5.99. The van der Waals surface area contributed by atoms with Crippen molar-refractivity contribution >= 4 is 22.4 Å². The molecule has 6 rings (SSSR count). The third kappa shape index (κ3) is 3.33. The van der Waals surface area contributed by atoms with Gasteiger partial charge in [0, 0.05) is 42.6 Å². The van der Waals surface area contributed by atoms with E-state index in [0.29, 0.717) is 16.8 Å². The average Bonchev–Trinajstić information content (AvgIpc) is 3.49. The van der Waals surface area contributed by atoms with Crippen LogP contribution in [0.25, 0.3) is 33.4 Å². The van der Waals surface area contributed by atoms with E-state index in [9.17, 15) is 19.1 Å².